The van der Waals surface area contributed by atoms with Crippen molar-refractivity contribution in [3.8, 4) is 0 Å². The average molecular weight is 356 g/mol. The van der Waals surface area contributed by atoms with E-state index in [0.29, 0.717) is 30.1 Å². The Bertz CT molecular complexity index is 829. The lowest BCUT2D eigenvalue weighted by atomic mass is 9.99. The van der Waals surface area contributed by atoms with Crippen LogP contribution in [0.4, 0.5) is 0 Å². The monoisotopic (exact) mass is 355 g/mol. The predicted octanol–water partition coefficient (Wildman–Crippen LogP) is 1.86. The van der Waals surface area contributed by atoms with Crippen LogP contribution in [0.5, 0.6) is 0 Å². The first kappa shape index (κ1) is 18.7. The Morgan fingerprint density at radius 3 is 2.29 bits per heavy atom. The number of aromatic nitrogens is 4. The number of nitrogens with two attached hydrogens (primary N) is 1. The molecule has 1 saturated carbocycles. The maximum Gasteiger partial charge on any atom is 0.332 e. The van der Waals surface area contributed by atoms with Crippen LogP contribution in [0.25, 0.3) is 11.2 Å². The minimum absolute atomic E-state index is 0. The van der Waals surface area contributed by atoms with Crippen LogP contribution in [0.2, 0.25) is 0 Å². The summed E-state index contributed by atoms with van der Waals surface area (Å²) < 4.78 is 2.91. The number of fused-ring (bicyclic) bond motifs is 1. The van der Waals surface area contributed by atoms with Crippen LogP contribution in [-0.2, 0) is 18.6 Å². The molecule has 0 radical (unpaired) electrons. The zero-order chi connectivity index (χ0) is 16.6. The molecule has 2 aromatic rings. The summed E-state index contributed by atoms with van der Waals surface area (Å²) in [5.74, 6) is 0.639. The Morgan fingerprint density at radius 2 is 1.71 bits per heavy atom. The molecule has 134 valence electrons. The minimum atomic E-state index is -0.506. The number of rotatable bonds is 5. The largest absolute Gasteiger partial charge is 0.335 e. The molecule has 7 nitrogen and oxygen atoms in total. The van der Waals surface area contributed by atoms with Crippen LogP contribution in [0.1, 0.15) is 58.2 Å². The topological polar surface area (TPSA) is 98.7 Å². The molecule has 1 fully saturated rings. The van der Waals surface area contributed by atoms with Gasteiger partial charge in [-0.25, -0.2) is 9.78 Å². The van der Waals surface area contributed by atoms with E-state index < -0.39 is 5.54 Å². The Balaban J connectivity index is 0.00000208. The van der Waals surface area contributed by atoms with Gasteiger partial charge >= 0.3 is 5.69 Å². The molecule has 0 aliphatic heterocycles. The summed E-state index contributed by atoms with van der Waals surface area (Å²) in [6.45, 7) is 4.91. The smallest absolute Gasteiger partial charge is 0.332 e. The second-order valence-electron chi connectivity index (χ2n) is 6.54. The molecule has 0 saturated heterocycles. The van der Waals surface area contributed by atoms with Crippen LogP contribution in [0.3, 0.4) is 0 Å². The summed E-state index contributed by atoms with van der Waals surface area (Å²) in [6.07, 6.45) is 5.37. The summed E-state index contributed by atoms with van der Waals surface area (Å²) in [6, 6.07) is 0. The van der Waals surface area contributed by atoms with Gasteiger partial charge in [-0.1, -0.05) is 26.7 Å². The predicted molar refractivity (Wildman–Crippen MR) is 96.8 cm³/mol. The quantitative estimate of drug-likeness (QED) is 0.855. The van der Waals surface area contributed by atoms with Crippen LogP contribution >= 0.6 is 12.4 Å². The van der Waals surface area contributed by atoms with E-state index in [1.54, 1.807) is 4.57 Å². The fraction of sp³-hybridized carbons (Fsp3) is 0.688. The second kappa shape index (κ2) is 7.11. The van der Waals surface area contributed by atoms with Crippen LogP contribution in [-0.4, -0.2) is 19.1 Å². The fourth-order valence-electron chi connectivity index (χ4n) is 3.49. The van der Waals surface area contributed by atoms with Gasteiger partial charge in [0.15, 0.2) is 5.65 Å². The number of nitrogens with one attached hydrogen (secondary N) is 1. The third kappa shape index (κ3) is 2.91. The van der Waals surface area contributed by atoms with Gasteiger partial charge in [0.25, 0.3) is 5.56 Å². The molecule has 0 atom stereocenters. The number of aryl methyl sites for hydroxylation is 1. The van der Waals surface area contributed by atoms with Crippen molar-refractivity contribution >= 4 is 23.6 Å². The molecule has 0 unspecified atom stereocenters. The highest BCUT2D eigenvalue weighted by Crippen LogP contribution is 2.35. The molecule has 2 aromatic heterocycles. The summed E-state index contributed by atoms with van der Waals surface area (Å²) in [5, 5.41) is 0. The molecule has 0 spiro atoms. The molecule has 24 heavy (non-hydrogen) atoms. The number of imidazole rings is 1. The summed E-state index contributed by atoms with van der Waals surface area (Å²) in [7, 11) is 0. The first-order valence-electron chi connectivity index (χ1n) is 8.54. The van der Waals surface area contributed by atoms with Gasteiger partial charge in [0.1, 0.15) is 11.3 Å². The molecule has 8 heteroatoms. The highest BCUT2D eigenvalue weighted by atomic mass is 35.5. The highest BCUT2D eigenvalue weighted by molar-refractivity contribution is 5.85. The zero-order valence-electron chi connectivity index (χ0n) is 14.3. The third-order valence-corrected chi connectivity index (χ3v) is 4.72. The fourth-order valence-corrected chi connectivity index (χ4v) is 3.49. The van der Waals surface area contributed by atoms with Gasteiger partial charge in [0.05, 0.1) is 5.54 Å². The van der Waals surface area contributed by atoms with E-state index in [2.05, 4.69) is 9.97 Å². The molecule has 0 aromatic carbocycles. The summed E-state index contributed by atoms with van der Waals surface area (Å²) in [5.41, 5.74) is 6.24. The highest BCUT2D eigenvalue weighted by Gasteiger charge is 2.35. The number of H-pyrrole nitrogens is 1. The van der Waals surface area contributed by atoms with Crippen molar-refractivity contribution in [2.75, 3.05) is 0 Å². The SMILES string of the molecule is CCCn1c(=O)c2[nH]c(C3(N)CCCC3)nc2n(CCC)c1=O.Cl. The minimum Gasteiger partial charge on any atom is -0.335 e. The number of nitrogens with zero attached hydrogens (tertiary/aromatic N) is 3. The third-order valence-electron chi connectivity index (χ3n) is 4.72. The number of aromatic amines is 1. The first-order chi connectivity index (χ1) is 11.0. The van der Waals surface area contributed by atoms with Crippen molar-refractivity contribution in [3.05, 3.63) is 26.7 Å². The molecular formula is C16H26ClN5O2. The Morgan fingerprint density at radius 1 is 1.12 bits per heavy atom. The maximum absolute atomic E-state index is 12.7. The van der Waals surface area contributed by atoms with E-state index in [4.69, 9.17) is 5.73 Å². The number of hydrogen-bond acceptors (Lipinski definition) is 4. The molecule has 0 amide bonds. The van der Waals surface area contributed by atoms with E-state index in [9.17, 15) is 9.59 Å². The molecule has 1 aliphatic rings. The summed E-state index contributed by atoms with van der Waals surface area (Å²) in [4.78, 5) is 33.0. The lowest BCUT2D eigenvalue weighted by Gasteiger charge is -2.19. The van der Waals surface area contributed by atoms with Crippen LogP contribution in [0, 0.1) is 0 Å². The summed E-state index contributed by atoms with van der Waals surface area (Å²) >= 11 is 0. The first-order valence-corrected chi connectivity index (χ1v) is 8.54. The second-order valence-corrected chi connectivity index (χ2v) is 6.54. The van der Waals surface area contributed by atoms with Crippen LogP contribution in [0.15, 0.2) is 9.59 Å². The van der Waals surface area contributed by atoms with E-state index in [-0.39, 0.29) is 23.7 Å². The Labute approximate surface area is 146 Å². The molecule has 2 heterocycles. The van der Waals surface area contributed by atoms with Crippen molar-refractivity contribution in [2.24, 2.45) is 5.73 Å². The standard InChI is InChI=1S/C16H25N5O2.ClH/c1-3-9-20-12-11(13(22)21(10-4-2)15(20)23)18-14(19-12)16(17)7-5-6-8-16;/h3-10,17H2,1-2H3,(H,18,19);1H. The van der Waals surface area contributed by atoms with Crippen molar-refractivity contribution in [1.29, 1.82) is 0 Å². The molecule has 1 aliphatic carbocycles. The van der Waals surface area contributed by atoms with Gasteiger partial charge in [-0.15, -0.1) is 12.4 Å². The molecule has 0 bridgehead atoms. The van der Waals surface area contributed by atoms with Gasteiger partial charge in [-0.05, 0) is 25.7 Å². The van der Waals surface area contributed by atoms with E-state index in [1.165, 1.54) is 4.57 Å². The van der Waals surface area contributed by atoms with Crippen molar-refractivity contribution in [2.45, 2.75) is 71.0 Å². The van der Waals surface area contributed by atoms with Gasteiger partial charge in [-0.2, -0.15) is 0 Å². The van der Waals surface area contributed by atoms with Crippen molar-refractivity contribution in [1.82, 2.24) is 19.1 Å². The van der Waals surface area contributed by atoms with Gasteiger partial charge in [-0.3, -0.25) is 13.9 Å². The molecular weight excluding hydrogens is 330 g/mol. The van der Waals surface area contributed by atoms with Crippen LogP contribution < -0.4 is 17.0 Å². The normalized spacial score (nSPS) is 16.5. The lowest BCUT2D eigenvalue weighted by molar-refractivity contribution is 0.436. The molecule has 3 N–H and O–H groups in total. The van der Waals surface area contributed by atoms with E-state index in [1.807, 2.05) is 13.8 Å². The van der Waals surface area contributed by atoms with Gasteiger partial charge in [0, 0.05) is 13.1 Å². The number of halogens is 1. The van der Waals surface area contributed by atoms with Crippen molar-refractivity contribution in [3.63, 3.8) is 0 Å². The van der Waals surface area contributed by atoms with Gasteiger partial charge in [0.2, 0.25) is 0 Å². The van der Waals surface area contributed by atoms with Gasteiger partial charge < -0.3 is 10.7 Å². The zero-order valence-corrected chi connectivity index (χ0v) is 15.1. The Kier molecular flexibility index (Phi) is 5.55. The maximum atomic E-state index is 12.7. The van der Waals surface area contributed by atoms with Crippen molar-refractivity contribution < 1.29 is 0 Å². The van der Waals surface area contributed by atoms with E-state index >= 15 is 0 Å². The Hall–Kier alpha value is -1.60. The van der Waals surface area contributed by atoms with E-state index in [0.717, 1.165) is 38.5 Å². The average Bonchev–Trinajstić information content (AvgIpc) is 3.15. The number of hydrogen-bond donors (Lipinski definition) is 2. The lowest BCUT2D eigenvalue weighted by Crippen LogP contribution is -2.40. The molecule has 3 rings (SSSR count).